The van der Waals surface area contributed by atoms with Crippen molar-refractivity contribution in [2.45, 2.75) is 6.42 Å². The number of carbonyl (C=O) groups excluding carboxylic acids is 2. The predicted molar refractivity (Wildman–Crippen MR) is 112 cm³/mol. The van der Waals surface area contributed by atoms with Crippen LogP contribution in [0.1, 0.15) is 6.42 Å². The number of carbonyl (C=O) groups is 2. The number of benzene rings is 2. The summed E-state index contributed by atoms with van der Waals surface area (Å²) in [5.41, 5.74) is 1.17. The number of amides is 2. The van der Waals surface area contributed by atoms with Crippen LogP contribution in [0.15, 0.2) is 59.1 Å². The van der Waals surface area contributed by atoms with E-state index in [1.165, 1.54) is 5.69 Å². The first-order chi connectivity index (χ1) is 13.6. The van der Waals surface area contributed by atoms with E-state index in [1.807, 2.05) is 42.5 Å². The highest BCUT2D eigenvalue weighted by atomic mass is 79.9. The summed E-state index contributed by atoms with van der Waals surface area (Å²) in [7, 11) is 0. The van der Waals surface area contributed by atoms with Gasteiger partial charge in [-0.05, 0) is 30.3 Å². The molecule has 0 atom stereocenters. The van der Waals surface area contributed by atoms with Crippen LogP contribution >= 0.6 is 15.9 Å². The first-order valence-electron chi connectivity index (χ1n) is 9.34. The van der Waals surface area contributed by atoms with Crippen LogP contribution in [0.4, 0.5) is 5.69 Å². The van der Waals surface area contributed by atoms with Gasteiger partial charge in [-0.2, -0.15) is 0 Å². The number of hydrogen-bond donors (Lipinski definition) is 1. The molecule has 0 radical (unpaired) electrons. The molecule has 1 N–H and O–H groups in total. The second kappa shape index (κ2) is 10.1. The number of anilines is 1. The van der Waals surface area contributed by atoms with Crippen molar-refractivity contribution >= 4 is 33.4 Å². The Balaban J connectivity index is 1.33. The van der Waals surface area contributed by atoms with E-state index in [0.717, 1.165) is 17.6 Å². The summed E-state index contributed by atoms with van der Waals surface area (Å²) in [4.78, 5) is 28.3. The molecule has 2 aromatic rings. The van der Waals surface area contributed by atoms with Crippen LogP contribution in [0.25, 0.3) is 0 Å². The molecule has 6 nitrogen and oxygen atoms in total. The molecule has 2 amide bonds. The summed E-state index contributed by atoms with van der Waals surface area (Å²) >= 11 is 3.37. The minimum Gasteiger partial charge on any atom is -0.493 e. The number of piperazine rings is 1. The van der Waals surface area contributed by atoms with Gasteiger partial charge in [-0.25, -0.2) is 0 Å². The largest absolute Gasteiger partial charge is 0.493 e. The highest BCUT2D eigenvalue weighted by molar-refractivity contribution is 9.10. The molecule has 0 unspecified atom stereocenters. The molecule has 28 heavy (non-hydrogen) atoms. The Kier molecular flexibility index (Phi) is 7.31. The fourth-order valence-corrected chi connectivity index (χ4v) is 3.42. The number of halogens is 1. The molecule has 1 heterocycles. The zero-order valence-electron chi connectivity index (χ0n) is 15.6. The number of nitrogens with one attached hydrogen (secondary N) is 1. The van der Waals surface area contributed by atoms with Crippen molar-refractivity contribution in [3.8, 4) is 5.75 Å². The average Bonchev–Trinajstić information content (AvgIpc) is 2.73. The van der Waals surface area contributed by atoms with Gasteiger partial charge in [0.05, 0.1) is 19.6 Å². The molecule has 1 fully saturated rings. The lowest BCUT2D eigenvalue weighted by Gasteiger charge is -2.36. The Morgan fingerprint density at radius 2 is 1.75 bits per heavy atom. The van der Waals surface area contributed by atoms with Crippen molar-refractivity contribution in [2.24, 2.45) is 0 Å². The van der Waals surface area contributed by atoms with Crippen LogP contribution in [0, 0.1) is 0 Å². The molecule has 1 saturated heterocycles. The molecular formula is C21H24BrN3O3. The van der Waals surface area contributed by atoms with Gasteiger partial charge >= 0.3 is 0 Å². The number of nitrogens with zero attached hydrogens (tertiary/aromatic N) is 2. The number of rotatable bonds is 7. The van der Waals surface area contributed by atoms with E-state index in [9.17, 15) is 9.59 Å². The van der Waals surface area contributed by atoms with Crippen molar-refractivity contribution in [2.75, 3.05) is 44.2 Å². The fourth-order valence-electron chi connectivity index (χ4n) is 3.05. The second-order valence-electron chi connectivity index (χ2n) is 6.54. The molecule has 0 spiro atoms. The first-order valence-corrected chi connectivity index (χ1v) is 10.1. The molecule has 2 aromatic carbocycles. The van der Waals surface area contributed by atoms with Crippen LogP contribution in [-0.4, -0.2) is 56.0 Å². The summed E-state index contributed by atoms with van der Waals surface area (Å²) < 4.78 is 6.47. The smallest absolute Gasteiger partial charge is 0.242 e. The maximum atomic E-state index is 12.3. The van der Waals surface area contributed by atoms with Crippen LogP contribution in [-0.2, 0) is 9.59 Å². The van der Waals surface area contributed by atoms with Crippen LogP contribution in [0.2, 0.25) is 0 Å². The SMILES string of the molecule is O=C(CCOc1cccc(Br)c1)NCC(=O)N1CCN(c2ccccc2)CC1. The third-order valence-electron chi connectivity index (χ3n) is 4.58. The molecule has 0 saturated carbocycles. The van der Waals surface area contributed by atoms with Gasteiger partial charge < -0.3 is 19.9 Å². The molecule has 3 rings (SSSR count). The van der Waals surface area contributed by atoms with Gasteiger partial charge in [0.1, 0.15) is 5.75 Å². The third-order valence-corrected chi connectivity index (χ3v) is 5.08. The van der Waals surface area contributed by atoms with E-state index in [4.69, 9.17) is 4.74 Å². The van der Waals surface area contributed by atoms with E-state index < -0.39 is 0 Å². The van der Waals surface area contributed by atoms with Crippen molar-refractivity contribution in [1.29, 1.82) is 0 Å². The normalized spacial score (nSPS) is 13.9. The number of para-hydroxylation sites is 1. The summed E-state index contributed by atoms with van der Waals surface area (Å²) in [6, 6.07) is 17.6. The van der Waals surface area contributed by atoms with Crippen molar-refractivity contribution in [3.05, 3.63) is 59.1 Å². The molecule has 1 aliphatic heterocycles. The fraction of sp³-hybridized carbons (Fsp3) is 0.333. The maximum Gasteiger partial charge on any atom is 0.242 e. The molecule has 148 valence electrons. The average molecular weight is 446 g/mol. The molecule has 0 aromatic heterocycles. The van der Waals surface area contributed by atoms with E-state index in [-0.39, 0.29) is 31.4 Å². The first kappa shape index (κ1) is 20.2. The van der Waals surface area contributed by atoms with Crippen LogP contribution in [0.5, 0.6) is 5.75 Å². The lowest BCUT2D eigenvalue weighted by atomic mass is 10.2. The van der Waals surface area contributed by atoms with Gasteiger partial charge in [0.15, 0.2) is 0 Å². The Morgan fingerprint density at radius 3 is 2.46 bits per heavy atom. The molecule has 7 heteroatoms. The Hall–Kier alpha value is -2.54. The van der Waals surface area contributed by atoms with Crippen LogP contribution < -0.4 is 15.0 Å². The predicted octanol–water partition coefficient (Wildman–Crippen LogP) is 2.68. The Labute approximate surface area is 173 Å². The quantitative estimate of drug-likeness (QED) is 0.711. The minimum absolute atomic E-state index is 0.0288. The lowest BCUT2D eigenvalue weighted by molar-refractivity contribution is -0.133. The Bertz CT molecular complexity index is 792. The van der Waals surface area contributed by atoms with E-state index in [0.29, 0.717) is 18.8 Å². The van der Waals surface area contributed by atoms with Gasteiger partial charge in [0.2, 0.25) is 11.8 Å². The monoisotopic (exact) mass is 445 g/mol. The summed E-state index contributed by atoms with van der Waals surface area (Å²) in [5, 5.41) is 2.69. The summed E-state index contributed by atoms with van der Waals surface area (Å²) in [5.74, 6) is 0.467. The zero-order chi connectivity index (χ0) is 19.8. The lowest BCUT2D eigenvalue weighted by Crippen LogP contribution is -2.51. The van der Waals surface area contributed by atoms with Gasteiger partial charge in [-0.1, -0.05) is 40.2 Å². The van der Waals surface area contributed by atoms with Gasteiger partial charge in [-0.15, -0.1) is 0 Å². The van der Waals surface area contributed by atoms with Crippen molar-refractivity contribution in [3.63, 3.8) is 0 Å². The highest BCUT2D eigenvalue weighted by Gasteiger charge is 2.21. The minimum atomic E-state index is -0.189. The van der Waals surface area contributed by atoms with Crippen molar-refractivity contribution in [1.82, 2.24) is 10.2 Å². The van der Waals surface area contributed by atoms with Gasteiger partial charge in [0.25, 0.3) is 0 Å². The van der Waals surface area contributed by atoms with Crippen molar-refractivity contribution < 1.29 is 14.3 Å². The molecule has 0 bridgehead atoms. The van der Waals surface area contributed by atoms with Gasteiger partial charge in [0, 0.05) is 36.3 Å². The second-order valence-corrected chi connectivity index (χ2v) is 7.45. The number of hydrogen-bond acceptors (Lipinski definition) is 4. The Morgan fingerprint density at radius 1 is 1.00 bits per heavy atom. The molecule has 1 aliphatic rings. The molecular weight excluding hydrogens is 422 g/mol. The third kappa shape index (κ3) is 5.99. The van der Waals surface area contributed by atoms with Crippen LogP contribution in [0.3, 0.4) is 0 Å². The summed E-state index contributed by atoms with van der Waals surface area (Å²) in [6.45, 7) is 3.22. The maximum absolute atomic E-state index is 12.3. The van der Waals surface area contributed by atoms with E-state index in [1.54, 1.807) is 4.90 Å². The van der Waals surface area contributed by atoms with E-state index in [2.05, 4.69) is 38.3 Å². The highest BCUT2D eigenvalue weighted by Crippen LogP contribution is 2.18. The van der Waals surface area contributed by atoms with E-state index >= 15 is 0 Å². The standard InChI is InChI=1S/C21H24BrN3O3/c22-17-5-4-8-19(15-17)28-14-9-20(26)23-16-21(27)25-12-10-24(11-13-25)18-6-2-1-3-7-18/h1-8,15H,9-14,16H2,(H,23,26). The topological polar surface area (TPSA) is 61.9 Å². The number of ether oxygens (including phenoxy) is 1. The van der Waals surface area contributed by atoms with Gasteiger partial charge in [-0.3, -0.25) is 9.59 Å². The zero-order valence-corrected chi connectivity index (χ0v) is 17.2. The summed E-state index contributed by atoms with van der Waals surface area (Å²) in [6.07, 6.45) is 0.210. The molecule has 0 aliphatic carbocycles.